The quantitative estimate of drug-likeness (QED) is 0.846. The Balaban J connectivity index is 2.51. The van der Waals surface area contributed by atoms with Gasteiger partial charge in [-0.3, -0.25) is 0 Å². The van der Waals surface area contributed by atoms with E-state index in [1.165, 1.54) is 0 Å². The van der Waals surface area contributed by atoms with Crippen LogP contribution in [0.4, 0.5) is 0 Å². The highest BCUT2D eigenvalue weighted by Gasteiger charge is 2.13. The van der Waals surface area contributed by atoms with Gasteiger partial charge in [0.25, 0.3) is 0 Å². The third kappa shape index (κ3) is 2.29. The number of hydrogen-bond acceptors (Lipinski definition) is 2. The van der Waals surface area contributed by atoms with Gasteiger partial charge in [0.2, 0.25) is 0 Å². The number of ether oxygens (including phenoxy) is 1. The smallest absolute Gasteiger partial charge is 0.178 e. The zero-order chi connectivity index (χ0) is 13.3. The van der Waals surface area contributed by atoms with Gasteiger partial charge < -0.3 is 14.3 Å². The number of fused-ring (bicyclic) bond motifs is 1. The van der Waals surface area contributed by atoms with Gasteiger partial charge in [0.1, 0.15) is 11.3 Å². The first kappa shape index (κ1) is 13.1. The maximum atomic E-state index is 5.42. The summed E-state index contributed by atoms with van der Waals surface area (Å²) in [4.78, 5) is 3.24. The lowest BCUT2D eigenvalue weighted by Crippen LogP contribution is -2.13. The number of imidazole rings is 1. The maximum absolute atomic E-state index is 5.42. The fourth-order valence-corrected chi connectivity index (χ4v) is 2.28. The Kier molecular flexibility index (Phi) is 3.76. The van der Waals surface area contributed by atoms with E-state index in [0.29, 0.717) is 11.8 Å². The highest BCUT2D eigenvalue weighted by Crippen LogP contribution is 2.26. The average molecular weight is 264 g/mol. The Labute approximate surface area is 113 Å². The number of nitrogens with zero attached hydrogens (tertiary/aromatic N) is 1. The van der Waals surface area contributed by atoms with Crippen molar-refractivity contribution in [2.75, 3.05) is 7.11 Å². The molecule has 0 bridgehead atoms. The zero-order valence-corrected chi connectivity index (χ0v) is 12.2. The van der Waals surface area contributed by atoms with Crippen molar-refractivity contribution in [1.82, 2.24) is 9.55 Å². The van der Waals surface area contributed by atoms with Crippen LogP contribution in [-0.2, 0) is 6.54 Å². The summed E-state index contributed by atoms with van der Waals surface area (Å²) in [5, 5.41) is 0. The van der Waals surface area contributed by atoms with Gasteiger partial charge in [0.05, 0.1) is 12.6 Å². The predicted octanol–water partition coefficient (Wildman–Crippen LogP) is 4.00. The molecule has 2 aromatic rings. The van der Waals surface area contributed by atoms with Crippen LogP contribution in [0, 0.1) is 16.6 Å². The minimum atomic E-state index is 0.585. The van der Waals surface area contributed by atoms with E-state index in [4.69, 9.17) is 17.0 Å². The Morgan fingerprint density at radius 2 is 2.06 bits per heavy atom. The number of benzene rings is 1. The Morgan fingerprint density at radius 3 is 2.67 bits per heavy atom. The highest BCUT2D eigenvalue weighted by atomic mass is 32.1. The second-order valence-electron chi connectivity index (χ2n) is 5.12. The van der Waals surface area contributed by atoms with Crippen LogP contribution in [0.25, 0.3) is 11.0 Å². The average Bonchev–Trinajstić information content (AvgIpc) is 2.65. The van der Waals surface area contributed by atoms with Crippen LogP contribution in [0.15, 0.2) is 18.2 Å². The van der Waals surface area contributed by atoms with Crippen LogP contribution >= 0.6 is 12.2 Å². The molecule has 0 amide bonds. The predicted molar refractivity (Wildman–Crippen MR) is 77.7 cm³/mol. The van der Waals surface area contributed by atoms with Crippen molar-refractivity contribution < 1.29 is 4.74 Å². The molecule has 3 nitrogen and oxygen atoms in total. The second kappa shape index (κ2) is 5.14. The number of methoxy groups -OCH3 is 1. The van der Waals surface area contributed by atoms with E-state index in [9.17, 15) is 0 Å². The van der Waals surface area contributed by atoms with Gasteiger partial charge in [-0.25, -0.2) is 0 Å². The van der Waals surface area contributed by atoms with E-state index in [0.717, 1.165) is 28.1 Å². The molecule has 2 rings (SSSR count). The lowest BCUT2D eigenvalue weighted by molar-refractivity contribution is 0.367. The lowest BCUT2D eigenvalue weighted by atomic mass is 9.98. The Bertz CT molecular complexity index is 597. The molecule has 1 aromatic carbocycles. The third-order valence-electron chi connectivity index (χ3n) is 3.60. The summed E-state index contributed by atoms with van der Waals surface area (Å²) in [7, 11) is 1.68. The molecule has 0 fully saturated rings. The molecule has 98 valence electrons. The summed E-state index contributed by atoms with van der Waals surface area (Å²) in [5.41, 5.74) is 2.10. The molecule has 1 heterocycles. The van der Waals surface area contributed by atoms with E-state index >= 15 is 0 Å². The molecule has 1 aromatic heterocycles. The molecule has 0 aliphatic heterocycles. The minimum absolute atomic E-state index is 0.585. The molecule has 1 N–H and O–H groups in total. The molecule has 18 heavy (non-hydrogen) atoms. The van der Waals surface area contributed by atoms with E-state index in [1.807, 2.05) is 12.1 Å². The largest absolute Gasteiger partial charge is 0.494 e. The first-order valence-corrected chi connectivity index (χ1v) is 6.71. The summed E-state index contributed by atoms with van der Waals surface area (Å²) in [5.74, 6) is 2.07. The van der Waals surface area contributed by atoms with Gasteiger partial charge in [-0.2, -0.15) is 0 Å². The lowest BCUT2D eigenvalue weighted by Gasteiger charge is -2.16. The minimum Gasteiger partial charge on any atom is -0.494 e. The van der Waals surface area contributed by atoms with Gasteiger partial charge in [-0.15, -0.1) is 0 Å². The van der Waals surface area contributed by atoms with Gasteiger partial charge in [-0.05, 0) is 36.2 Å². The standard InChI is InChI=1S/C14H20N2OS/c1-9(2)10(3)8-16-11-6-5-7-12(17-4)13(11)15-14(16)18/h5-7,9-10H,8H2,1-4H3,(H,15,18). The van der Waals surface area contributed by atoms with Crippen LogP contribution in [0.1, 0.15) is 20.8 Å². The van der Waals surface area contributed by atoms with Crippen LogP contribution in [0.5, 0.6) is 5.75 Å². The maximum Gasteiger partial charge on any atom is 0.178 e. The molecular weight excluding hydrogens is 244 g/mol. The SMILES string of the molecule is COc1cccc2c1[nH]c(=S)n2CC(C)C(C)C. The van der Waals surface area contributed by atoms with E-state index in [-0.39, 0.29) is 0 Å². The van der Waals surface area contributed by atoms with Crippen LogP contribution in [0.3, 0.4) is 0 Å². The normalized spacial score (nSPS) is 13.2. The van der Waals surface area contributed by atoms with Crippen LogP contribution in [0.2, 0.25) is 0 Å². The van der Waals surface area contributed by atoms with Crippen molar-refractivity contribution in [3.63, 3.8) is 0 Å². The third-order valence-corrected chi connectivity index (χ3v) is 3.92. The van der Waals surface area contributed by atoms with Gasteiger partial charge in [0, 0.05) is 6.54 Å². The van der Waals surface area contributed by atoms with Crippen molar-refractivity contribution in [2.24, 2.45) is 11.8 Å². The number of aromatic amines is 1. The molecule has 0 aliphatic carbocycles. The summed E-state index contributed by atoms with van der Waals surface area (Å²) >= 11 is 5.42. The summed E-state index contributed by atoms with van der Waals surface area (Å²) in [6.07, 6.45) is 0. The summed E-state index contributed by atoms with van der Waals surface area (Å²) in [6, 6.07) is 6.03. The van der Waals surface area contributed by atoms with E-state index in [2.05, 4.69) is 36.4 Å². The second-order valence-corrected chi connectivity index (χ2v) is 5.50. The Morgan fingerprint density at radius 1 is 1.33 bits per heavy atom. The first-order chi connectivity index (χ1) is 8.54. The molecule has 0 aliphatic rings. The molecule has 0 saturated heterocycles. The number of aromatic nitrogens is 2. The van der Waals surface area contributed by atoms with Crippen LogP contribution in [-0.4, -0.2) is 16.7 Å². The molecule has 0 spiro atoms. The highest BCUT2D eigenvalue weighted by molar-refractivity contribution is 7.71. The first-order valence-electron chi connectivity index (χ1n) is 6.30. The molecule has 1 unspecified atom stereocenters. The number of H-pyrrole nitrogens is 1. The van der Waals surface area contributed by atoms with Crippen molar-refractivity contribution in [3.8, 4) is 5.75 Å². The number of para-hydroxylation sites is 1. The number of rotatable bonds is 4. The topological polar surface area (TPSA) is 29.9 Å². The van der Waals surface area contributed by atoms with Gasteiger partial charge >= 0.3 is 0 Å². The van der Waals surface area contributed by atoms with Crippen molar-refractivity contribution in [1.29, 1.82) is 0 Å². The van der Waals surface area contributed by atoms with Gasteiger partial charge in [0.15, 0.2) is 4.77 Å². The fourth-order valence-electron chi connectivity index (χ4n) is 2.00. The Hall–Kier alpha value is -1.29. The summed E-state index contributed by atoms with van der Waals surface area (Å²) < 4.78 is 8.29. The van der Waals surface area contributed by atoms with Crippen LogP contribution < -0.4 is 4.74 Å². The molecule has 0 saturated carbocycles. The van der Waals surface area contributed by atoms with Crippen molar-refractivity contribution in [3.05, 3.63) is 23.0 Å². The van der Waals surface area contributed by atoms with Crippen molar-refractivity contribution >= 4 is 23.3 Å². The van der Waals surface area contributed by atoms with E-state index < -0.39 is 0 Å². The number of hydrogen-bond donors (Lipinski definition) is 1. The molecule has 1 atom stereocenters. The van der Waals surface area contributed by atoms with Gasteiger partial charge in [-0.1, -0.05) is 26.8 Å². The van der Waals surface area contributed by atoms with Crippen molar-refractivity contribution in [2.45, 2.75) is 27.3 Å². The fraction of sp³-hybridized carbons (Fsp3) is 0.500. The molecular formula is C14H20N2OS. The number of nitrogens with one attached hydrogen (secondary N) is 1. The summed E-state index contributed by atoms with van der Waals surface area (Å²) in [6.45, 7) is 7.67. The zero-order valence-electron chi connectivity index (χ0n) is 11.4. The molecule has 4 heteroatoms. The molecule has 0 radical (unpaired) electrons. The van der Waals surface area contributed by atoms with E-state index in [1.54, 1.807) is 7.11 Å². The monoisotopic (exact) mass is 264 g/mol.